The van der Waals surface area contributed by atoms with Crippen molar-refractivity contribution in [2.24, 2.45) is 11.7 Å². The third kappa shape index (κ3) is 4.98. The molecule has 1 saturated heterocycles. The van der Waals surface area contributed by atoms with Gasteiger partial charge in [0.15, 0.2) is 17.5 Å². The Morgan fingerprint density at radius 2 is 1.84 bits per heavy atom. The molecule has 0 saturated carbocycles. The number of aliphatic carboxylic acids is 1. The van der Waals surface area contributed by atoms with Gasteiger partial charge in [-0.2, -0.15) is 13.2 Å². The van der Waals surface area contributed by atoms with E-state index in [0.29, 0.717) is 32.4 Å². The second kappa shape index (κ2) is 9.11. The molecule has 0 aliphatic carbocycles. The highest BCUT2D eigenvalue weighted by Crippen LogP contribution is 2.38. The Morgan fingerprint density at radius 3 is 2.44 bits per heavy atom. The number of carbonyl (C=O) groups excluding carboxylic acids is 1. The topological polar surface area (TPSA) is 130 Å². The molecule has 172 valence electrons. The molecule has 0 radical (unpaired) electrons. The molecule has 11 heteroatoms. The fourth-order valence-corrected chi connectivity index (χ4v) is 3.77. The van der Waals surface area contributed by atoms with Gasteiger partial charge in [0, 0.05) is 25.2 Å². The van der Waals surface area contributed by atoms with Crippen LogP contribution in [0, 0.1) is 12.8 Å². The van der Waals surface area contributed by atoms with Gasteiger partial charge in [-0.3, -0.25) is 9.59 Å². The van der Waals surface area contributed by atoms with Gasteiger partial charge in [-0.15, -0.1) is 0 Å². The predicted molar refractivity (Wildman–Crippen MR) is 108 cm³/mol. The summed E-state index contributed by atoms with van der Waals surface area (Å²) in [7, 11) is 0. The van der Waals surface area contributed by atoms with Crippen LogP contribution in [0.15, 0.2) is 24.3 Å². The van der Waals surface area contributed by atoms with E-state index in [1.54, 1.807) is 11.0 Å². The fraction of sp³-hybridized carbons (Fsp3) is 0.429. The number of rotatable bonds is 6. The minimum absolute atomic E-state index is 0.0457. The van der Waals surface area contributed by atoms with Crippen LogP contribution in [0.2, 0.25) is 0 Å². The van der Waals surface area contributed by atoms with Gasteiger partial charge < -0.3 is 20.8 Å². The molecule has 1 fully saturated rings. The number of aromatic hydroxyl groups is 1. The molecule has 1 aliphatic rings. The number of carboxylic acids is 1. The third-order valence-corrected chi connectivity index (χ3v) is 5.52. The van der Waals surface area contributed by atoms with Crippen LogP contribution in [0.5, 0.6) is 5.75 Å². The van der Waals surface area contributed by atoms with E-state index in [9.17, 15) is 27.9 Å². The zero-order chi connectivity index (χ0) is 23.6. The SMILES string of the molecule is Cc1nc(CC2CCN(c3ccccc3C(F)(F)F)CC2)nc(C(=O)C(N)C(=O)O)c1O. The summed E-state index contributed by atoms with van der Waals surface area (Å²) in [6.45, 7) is 2.27. The van der Waals surface area contributed by atoms with Crippen molar-refractivity contribution in [1.29, 1.82) is 0 Å². The molecule has 0 bridgehead atoms. The zero-order valence-corrected chi connectivity index (χ0v) is 17.3. The summed E-state index contributed by atoms with van der Waals surface area (Å²) >= 11 is 0. The molecule has 4 N–H and O–H groups in total. The van der Waals surface area contributed by atoms with E-state index < -0.39 is 41.0 Å². The van der Waals surface area contributed by atoms with Crippen molar-refractivity contribution in [1.82, 2.24) is 9.97 Å². The number of ketones is 1. The maximum atomic E-state index is 13.3. The number of halogens is 3. The molecule has 3 rings (SSSR count). The number of anilines is 1. The molecule has 0 amide bonds. The van der Waals surface area contributed by atoms with Gasteiger partial charge in [0.2, 0.25) is 5.78 Å². The monoisotopic (exact) mass is 452 g/mol. The van der Waals surface area contributed by atoms with Crippen LogP contribution in [0.4, 0.5) is 18.9 Å². The van der Waals surface area contributed by atoms with E-state index in [1.165, 1.54) is 19.1 Å². The maximum Gasteiger partial charge on any atom is 0.418 e. The first kappa shape index (κ1) is 23.5. The van der Waals surface area contributed by atoms with Gasteiger partial charge in [0.1, 0.15) is 5.82 Å². The molecule has 1 aromatic heterocycles. The van der Waals surface area contributed by atoms with Gasteiger partial charge >= 0.3 is 12.1 Å². The highest BCUT2D eigenvalue weighted by Gasteiger charge is 2.35. The van der Waals surface area contributed by atoms with Crippen LogP contribution in [-0.4, -0.2) is 51.1 Å². The van der Waals surface area contributed by atoms with Crippen molar-refractivity contribution >= 4 is 17.4 Å². The Morgan fingerprint density at radius 1 is 1.22 bits per heavy atom. The number of alkyl halides is 3. The summed E-state index contributed by atoms with van der Waals surface area (Å²) in [6.07, 6.45) is -2.95. The number of nitrogens with zero attached hydrogens (tertiary/aromatic N) is 3. The first-order valence-electron chi connectivity index (χ1n) is 9.99. The number of hydrogen-bond acceptors (Lipinski definition) is 7. The Bertz CT molecular complexity index is 1020. The fourth-order valence-electron chi connectivity index (χ4n) is 3.77. The number of para-hydroxylation sites is 1. The van der Waals surface area contributed by atoms with E-state index >= 15 is 0 Å². The summed E-state index contributed by atoms with van der Waals surface area (Å²) in [6, 6.07) is 3.59. The van der Waals surface area contributed by atoms with Gasteiger partial charge in [-0.25, -0.2) is 9.97 Å². The Balaban J connectivity index is 1.72. The van der Waals surface area contributed by atoms with E-state index in [-0.39, 0.29) is 23.1 Å². The van der Waals surface area contributed by atoms with Gasteiger partial charge in [-0.05, 0) is 37.8 Å². The minimum atomic E-state index is -4.44. The van der Waals surface area contributed by atoms with Gasteiger partial charge in [0.05, 0.1) is 11.3 Å². The molecule has 1 atom stereocenters. The van der Waals surface area contributed by atoms with Crippen LogP contribution < -0.4 is 10.6 Å². The first-order valence-corrected chi connectivity index (χ1v) is 9.99. The lowest BCUT2D eigenvalue weighted by atomic mass is 9.92. The Hall–Kier alpha value is -3.21. The van der Waals surface area contributed by atoms with E-state index in [2.05, 4.69) is 9.97 Å². The van der Waals surface area contributed by atoms with Crippen LogP contribution in [-0.2, 0) is 17.4 Å². The smallest absolute Gasteiger partial charge is 0.418 e. The van der Waals surface area contributed by atoms with Crippen molar-refractivity contribution < 1.29 is 33.0 Å². The summed E-state index contributed by atoms with van der Waals surface area (Å²) in [5.41, 5.74) is 4.50. The normalized spacial score (nSPS) is 16.1. The number of carbonyl (C=O) groups is 2. The van der Waals surface area contributed by atoms with E-state index in [4.69, 9.17) is 10.8 Å². The largest absolute Gasteiger partial charge is 0.504 e. The second-order valence-corrected chi connectivity index (χ2v) is 7.75. The number of piperidine rings is 1. The van der Waals surface area contributed by atoms with Crippen molar-refractivity contribution in [2.75, 3.05) is 18.0 Å². The predicted octanol–water partition coefficient (Wildman–Crippen LogP) is 2.56. The molecule has 32 heavy (non-hydrogen) atoms. The van der Waals surface area contributed by atoms with E-state index in [1.807, 2.05) is 0 Å². The highest BCUT2D eigenvalue weighted by molar-refractivity contribution is 6.11. The zero-order valence-electron chi connectivity index (χ0n) is 17.3. The summed E-state index contributed by atoms with van der Waals surface area (Å²) in [5, 5.41) is 19.0. The van der Waals surface area contributed by atoms with Crippen LogP contribution in [0.25, 0.3) is 0 Å². The average molecular weight is 452 g/mol. The average Bonchev–Trinajstić information content (AvgIpc) is 2.75. The molecule has 2 aromatic rings. The molecule has 0 spiro atoms. The maximum absolute atomic E-state index is 13.3. The molecule has 1 aliphatic heterocycles. The Kier molecular flexibility index (Phi) is 6.68. The first-order chi connectivity index (χ1) is 15.0. The minimum Gasteiger partial charge on any atom is -0.504 e. The van der Waals surface area contributed by atoms with Crippen LogP contribution in [0.3, 0.4) is 0 Å². The number of aryl methyl sites for hydroxylation is 1. The second-order valence-electron chi connectivity index (χ2n) is 7.75. The number of hydrogen-bond donors (Lipinski definition) is 3. The lowest BCUT2D eigenvalue weighted by Gasteiger charge is -2.34. The summed E-state index contributed by atoms with van der Waals surface area (Å²) < 4.78 is 39.9. The lowest BCUT2D eigenvalue weighted by molar-refractivity contribution is -0.138. The van der Waals surface area contributed by atoms with E-state index in [0.717, 1.165) is 6.07 Å². The summed E-state index contributed by atoms with van der Waals surface area (Å²) in [5.74, 6) is -2.80. The number of benzene rings is 1. The summed E-state index contributed by atoms with van der Waals surface area (Å²) in [4.78, 5) is 33.2. The molecule has 1 aromatic carbocycles. The van der Waals surface area contributed by atoms with Crippen molar-refractivity contribution in [3.05, 3.63) is 47.0 Å². The molecular weight excluding hydrogens is 429 g/mol. The number of Topliss-reactive ketones (excluding diaryl/α,β-unsaturated/α-hetero) is 1. The highest BCUT2D eigenvalue weighted by atomic mass is 19.4. The van der Waals surface area contributed by atoms with Crippen molar-refractivity contribution in [3.8, 4) is 5.75 Å². The molecule has 2 heterocycles. The number of nitrogens with two attached hydrogens (primary N) is 1. The quantitative estimate of drug-likeness (QED) is 0.450. The third-order valence-electron chi connectivity index (χ3n) is 5.52. The van der Waals surface area contributed by atoms with Crippen molar-refractivity contribution in [2.45, 2.75) is 38.4 Å². The van der Waals surface area contributed by atoms with Crippen LogP contribution >= 0.6 is 0 Å². The van der Waals surface area contributed by atoms with Crippen LogP contribution in [0.1, 0.15) is 40.4 Å². The number of carboxylic acid groups (broad SMARTS) is 1. The lowest BCUT2D eigenvalue weighted by Crippen LogP contribution is -2.39. The van der Waals surface area contributed by atoms with Gasteiger partial charge in [0.25, 0.3) is 0 Å². The van der Waals surface area contributed by atoms with Crippen molar-refractivity contribution in [3.63, 3.8) is 0 Å². The molecular formula is C21H23F3N4O4. The standard InChI is InChI=1S/C21H23F3N4O4/c1-11-18(29)17(19(30)16(25)20(31)32)27-15(26-11)10-12-6-8-28(9-7-12)14-5-3-2-4-13(14)21(22,23)24/h2-5,12,16,29H,6-10,25H2,1H3,(H,31,32). The van der Waals surface area contributed by atoms with Gasteiger partial charge in [-0.1, -0.05) is 12.1 Å². The molecule has 8 nitrogen and oxygen atoms in total. The molecule has 1 unspecified atom stereocenters. The Labute approximate surface area is 181 Å². The number of aromatic nitrogens is 2.